The van der Waals surface area contributed by atoms with Crippen LogP contribution in [0.4, 0.5) is 11.4 Å². The summed E-state index contributed by atoms with van der Waals surface area (Å²) < 4.78 is 5.53. The van der Waals surface area contributed by atoms with Gasteiger partial charge in [-0.15, -0.1) is 0 Å². The lowest BCUT2D eigenvalue weighted by molar-refractivity contribution is -0.121. The number of benzene rings is 2. The van der Waals surface area contributed by atoms with E-state index in [1.165, 1.54) is 0 Å². The highest BCUT2D eigenvalue weighted by Crippen LogP contribution is 2.38. The van der Waals surface area contributed by atoms with Gasteiger partial charge in [0.15, 0.2) is 12.4 Å². The lowest BCUT2D eigenvalue weighted by Crippen LogP contribution is -2.36. The van der Waals surface area contributed by atoms with E-state index in [0.717, 1.165) is 5.56 Å². The summed E-state index contributed by atoms with van der Waals surface area (Å²) >= 11 is 0. The Morgan fingerprint density at radius 1 is 1.21 bits per heavy atom. The quantitative estimate of drug-likeness (QED) is 0.941. The summed E-state index contributed by atoms with van der Waals surface area (Å²) in [7, 11) is 1.70. The average Bonchev–Trinajstić information content (AvgIpc) is 2.59. The van der Waals surface area contributed by atoms with Crippen molar-refractivity contribution in [2.24, 2.45) is 5.92 Å². The normalized spacial score (nSPS) is 14.6. The van der Waals surface area contributed by atoms with Gasteiger partial charge < -0.3 is 15.0 Å². The molecule has 124 valence electrons. The first-order valence-electron chi connectivity index (χ1n) is 7.93. The molecule has 0 aliphatic carbocycles. The molecule has 5 nitrogen and oxygen atoms in total. The number of anilines is 2. The molecular weight excluding hydrogens is 304 g/mol. The molecule has 1 heterocycles. The maximum atomic E-state index is 12.5. The molecule has 0 spiro atoms. The lowest BCUT2D eigenvalue weighted by atomic mass is 10.0. The third kappa shape index (κ3) is 3.25. The van der Waals surface area contributed by atoms with Crippen LogP contribution in [0.15, 0.2) is 48.5 Å². The molecule has 2 aromatic carbocycles. The van der Waals surface area contributed by atoms with Gasteiger partial charge in [0.05, 0.1) is 11.4 Å². The van der Waals surface area contributed by atoms with Crippen LogP contribution in [0.5, 0.6) is 5.75 Å². The fourth-order valence-electron chi connectivity index (χ4n) is 2.72. The van der Waals surface area contributed by atoms with Crippen LogP contribution >= 0.6 is 0 Å². The highest BCUT2D eigenvalue weighted by Gasteiger charge is 2.25. The summed E-state index contributed by atoms with van der Waals surface area (Å²) in [4.78, 5) is 25.8. The number of carbonyl (C=O) groups is 2. The molecule has 3 rings (SSSR count). The van der Waals surface area contributed by atoms with Gasteiger partial charge in [0.25, 0.3) is 5.91 Å². The van der Waals surface area contributed by atoms with E-state index in [0.29, 0.717) is 23.5 Å². The molecule has 24 heavy (non-hydrogen) atoms. The molecule has 0 saturated heterocycles. The van der Waals surface area contributed by atoms with Crippen LogP contribution in [-0.2, 0) is 16.0 Å². The van der Waals surface area contributed by atoms with E-state index in [1.54, 1.807) is 30.1 Å². The van der Waals surface area contributed by atoms with Crippen LogP contribution < -0.4 is 15.0 Å². The van der Waals surface area contributed by atoms with Gasteiger partial charge in [0.1, 0.15) is 0 Å². The second-order valence-corrected chi connectivity index (χ2v) is 5.98. The Morgan fingerprint density at radius 3 is 2.71 bits per heavy atom. The van der Waals surface area contributed by atoms with Crippen LogP contribution in [0.3, 0.4) is 0 Å². The number of nitrogens with zero attached hydrogens (tertiary/aromatic N) is 1. The molecule has 0 radical (unpaired) electrons. The van der Waals surface area contributed by atoms with Crippen molar-refractivity contribution >= 4 is 23.2 Å². The SMILES string of the molecule is CC(Cc1ccccc1)C(=O)Nc1cccc2c1OCC(=O)N2C. The number of rotatable bonds is 4. The third-order valence-corrected chi connectivity index (χ3v) is 4.16. The van der Waals surface area contributed by atoms with Crippen molar-refractivity contribution in [1.29, 1.82) is 0 Å². The van der Waals surface area contributed by atoms with Gasteiger partial charge in [0.2, 0.25) is 5.91 Å². The van der Waals surface area contributed by atoms with Gasteiger partial charge >= 0.3 is 0 Å². The van der Waals surface area contributed by atoms with Crippen molar-refractivity contribution in [3.05, 3.63) is 54.1 Å². The zero-order valence-corrected chi connectivity index (χ0v) is 13.8. The molecule has 1 aliphatic rings. The third-order valence-electron chi connectivity index (χ3n) is 4.16. The molecule has 2 amide bonds. The zero-order chi connectivity index (χ0) is 17.1. The average molecular weight is 324 g/mol. The number of amides is 2. The van der Waals surface area contributed by atoms with Crippen LogP contribution in [0.25, 0.3) is 0 Å². The van der Waals surface area contributed by atoms with Crippen molar-refractivity contribution in [3.8, 4) is 5.75 Å². The summed E-state index contributed by atoms with van der Waals surface area (Å²) in [5.74, 6) is 0.185. The minimum atomic E-state index is -0.175. The van der Waals surface area contributed by atoms with E-state index >= 15 is 0 Å². The molecule has 1 N–H and O–H groups in total. The van der Waals surface area contributed by atoms with Crippen molar-refractivity contribution < 1.29 is 14.3 Å². The molecule has 0 fully saturated rings. The first-order valence-corrected chi connectivity index (χ1v) is 7.93. The Labute approximate surface area is 141 Å². The van der Waals surface area contributed by atoms with Gasteiger partial charge in [-0.1, -0.05) is 43.3 Å². The summed E-state index contributed by atoms with van der Waals surface area (Å²) in [6.07, 6.45) is 0.668. The van der Waals surface area contributed by atoms with E-state index < -0.39 is 0 Å². The Kier molecular flexibility index (Phi) is 4.51. The Bertz CT molecular complexity index is 758. The minimum Gasteiger partial charge on any atom is -0.479 e. The topological polar surface area (TPSA) is 58.6 Å². The number of ether oxygens (including phenoxy) is 1. The summed E-state index contributed by atoms with van der Waals surface area (Å²) in [6, 6.07) is 15.3. The number of carbonyl (C=O) groups excluding carboxylic acids is 2. The number of hydrogen-bond donors (Lipinski definition) is 1. The minimum absolute atomic E-state index is 0.0179. The Hall–Kier alpha value is -2.82. The first kappa shape index (κ1) is 16.1. The van der Waals surface area contributed by atoms with Crippen LogP contribution in [0, 0.1) is 5.92 Å². The predicted molar refractivity (Wildman–Crippen MR) is 93.3 cm³/mol. The highest BCUT2D eigenvalue weighted by molar-refractivity contribution is 6.01. The van der Waals surface area contributed by atoms with Gasteiger partial charge in [-0.25, -0.2) is 0 Å². The van der Waals surface area contributed by atoms with E-state index in [2.05, 4.69) is 5.32 Å². The zero-order valence-electron chi connectivity index (χ0n) is 13.8. The molecule has 2 aromatic rings. The van der Waals surface area contributed by atoms with Crippen molar-refractivity contribution in [2.45, 2.75) is 13.3 Å². The van der Waals surface area contributed by atoms with Crippen LogP contribution in [0.2, 0.25) is 0 Å². The number of hydrogen-bond acceptors (Lipinski definition) is 3. The summed E-state index contributed by atoms with van der Waals surface area (Å²) in [6.45, 7) is 1.88. The molecule has 1 aliphatic heterocycles. The highest BCUT2D eigenvalue weighted by atomic mass is 16.5. The number of likely N-dealkylation sites (N-methyl/N-ethyl adjacent to an activating group) is 1. The molecule has 5 heteroatoms. The monoisotopic (exact) mass is 324 g/mol. The van der Waals surface area contributed by atoms with Gasteiger partial charge in [-0.3, -0.25) is 9.59 Å². The van der Waals surface area contributed by atoms with Crippen LogP contribution in [0.1, 0.15) is 12.5 Å². The van der Waals surface area contributed by atoms with E-state index in [9.17, 15) is 9.59 Å². The summed E-state index contributed by atoms with van der Waals surface area (Å²) in [5.41, 5.74) is 2.38. The maximum absolute atomic E-state index is 12.5. The van der Waals surface area contributed by atoms with E-state index in [4.69, 9.17) is 4.74 Å². The van der Waals surface area contributed by atoms with Crippen molar-refractivity contribution in [2.75, 3.05) is 23.9 Å². The lowest BCUT2D eigenvalue weighted by Gasteiger charge is -2.27. The first-order chi connectivity index (χ1) is 11.6. The van der Waals surface area contributed by atoms with Crippen molar-refractivity contribution in [3.63, 3.8) is 0 Å². The standard InChI is InChI=1S/C19H20N2O3/c1-13(11-14-7-4-3-5-8-14)19(23)20-15-9-6-10-16-18(15)24-12-17(22)21(16)2/h3-10,13H,11-12H2,1-2H3,(H,20,23). The molecule has 1 atom stereocenters. The Balaban J connectivity index is 1.74. The fourth-order valence-corrected chi connectivity index (χ4v) is 2.72. The number of para-hydroxylation sites is 1. The summed E-state index contributed by atoms with van der Waals surface area (Å²) in [5, 5.41) is 2.92. The van der Waals surface area contributed by atoms with Gasteiger partial charge in [-0.2, -0.15) is 0 Å². The second-order valence-electron chi connectivity index (χ2n) is 5.98. The number of fused-ring (bicyclic) bond motifs is 1. The van der Waals surface area contributed by atoms with Crippen molar-refractivity contribution in [1.82, 2.24) is 0 Å². The molecule has 0 bridgehead atoms. The molecule has 0 aromatic heterocycles. The smallest absolute Gasteiger partial charge is 0.264 e. The van der Waals surface area contributed by atoms with E-state index in [-0.39, 0.29) is 24.3 Å². The van der Waals surface area contributed by atoms with E-state index in [1.807, 2.05) is 37.3 Å². The number of nitrogens with one attached hydrogen (secondary N) is 1. The molecule has 0 saturated carbocycles. The largest absolute Gasteiger partial charge is 0.479 e. The molecule has 1 unspecified atom stereocenters. The van der Waals surface area contributed by atoms with Gasteiger partial charge in [-0.05, 0) is 24.1 Å². The second kappa shape index (κ2) is 6.74. The maximum Gasteiger partial charge on any atom is 0.264 e. The fraction of sp³-hybridized carbons (Fsp3) is 0.263. The molecular formula is C19H20N2O3. The van der Waals surface area contributed by atoms with Crippen LogP contribution in [-0.4, -0.2) is 25.5 Å². The van der Waals surface area contributed by atoms with Gasteiger partial charge in [0, 0.05) is 13.0 Å². The Morgan fingerprint density at radius 2 is 1.96 bits per heavy atom. The predicted octanol–water partition coefficient (Wildman–Crippen LogP) is 2.86.